The number of rotatable bonds is 0. The largest absolute Gasteiger partial charge is 0.401 e. The van der Waals surface area contributed by atoms with Crippen LogP contribution in [0.1, 0.15) is 0 Å². The zero-order valence-corrected chi connectivity index (χ0v) is 7.50. The molecule has 0 bridgehead atoms. The molecule has 0 fully saturated rings. The van der Waals surface area contributed by atoms with Crippen LogP contribution in [-0.4, -0.2) is 9.14 Å². The van der Waals surface area contributed by atoms with Gasteiger partial charge in [0.25, 0.3) is 0 Å². The second kappa shape index (κ2) is 6.05. The van der Waals surface area contributed by atoms with Gasteiger partial charge in [-0.15, -0.1) is 0 Å². The second-order valence-corrected chi connectivity index (χ2v) is 3.80. The standard InChI is InChI=1S/CHCl3.CCl2F2/c2-1(3)4;2-1(3,4)5/h1H;. The summed E-state index contributed by atoms with van der Waals surface area (Å²) in [5, 5.41) is 0. The summed E-state index contributed by atoms with van der Waals surface area (Å²) in [5.41, 5.74) is 0. The van der Waals surface area contributed by atoms with Gasteiger partial charge in [-0.05, 0) is 23.2 Å². The Bertz CT molecular complexity index is 49.7. The lowest BCUT2D eigenvalue weighted by molar-refractivity contribution is 0.194. The first-order chi connectivity index (χ1) is 3.73. The van der Waals surface area contributed by atoms with Crippen molar-refractivity contribution in [3.05, 3.63) is 0 Å². The van der Waals surface area contributed by atoms with Gasteiger partial charge in [0, 0.05) is 0 Å². The normalized spacial score (nSPS) is 10.7. The molecule has 0 spiro atoms. The number of halogens is 7. The molecule has 0 aliphatic carbocycles. The molecule has 0 saturated carbocycles. The van der Waals surface area contributed by atoms with Gasteiger partial charge in [-0.25, -0.2) is 0 Å². The lowest BCUT2D eigenvalue weighted by Gasteiger charge is -1.87. The molecule has 7 heteroatoms. The summed E-state index contributed by atoms with van der Waals surface area (Å²) in [6.45, 7) is 0. The minimum Gasteiger partial charge on any atom is -0.172 e. The number of hydrogen-bond donors (Lipinski definition) is 0. The molecule has 0 atom stereocenters. The highest BCUT2D eigenvalue weighted by atomic mass is 35.6. The summed E-state index contributed by atoms with van der Waals surface area (Å²) in [6, 6.07) is 0. The van der Waals surface area contributed by atoms with Crippen molar-refractivity contribution >= 4 is 58.0 Å². The van der Waals surface area contributed by atoms with Crippen LogP contribution in [0.2, 0.25) is 0 Å². The Labute approximate surface area is 76.0 Å². The molecule has 0 unspecified atom stereocenters. The Morgan fingerprint density at radius 2 is 1.00 bits per heavy atom. The van der Waals surface area contributed by atoms with Gasteiger partial charge < -0.3 is 0 Å². The van der Waals surface area contributed by atoms with Gasteiger partial charge in [-0.2, -0.15) is 8.78 Å². The molecule has 0 aromatic rings. The molecular formula is C2HCl5F2. The van der Waals surface area contributed by atoms with Crippen molar-refractivity contribution in [1.82, 2.24) is 0 Å². The maximum atomic E-state index is 10.6. The lowest BCUT2D eigenvalue weighted by Crippen LogP contribution is -1.86. The highest BCUT2D eigenvalue weighted by Gasteiger charge is 2.17. The maximum Gasteiger partial charge on any atom is 0.401 e. The summed E-state index contributed by atoms with van der Waals surface area (Å²) in [5.74, 6) is 0. The molecule has 9 heavy (non-hydrogen) atoms. The van der Waals surface area contributed by atoms with Crippen LogP contribution in [0.15, 0.2) is 0 Å². The Morgan fingerprint density at radius 1 is 1.00 bits per heavy atom. The fraction of sp³-hybridized carbons (Fsp3) is 1.00. The van der Waals surface area contributed by atoms with Gasteiger partial charge in [0.05, 0.1) is 0 Å². The quantitative estimate of drug-likeness (QED) is 0.561. The first kappa shape index (κ1) is 12.9. The third kappa shape index (κ3) is 290. The van der Waals surface area contributed by atoms with Crippen LogP contribution >= 0.6 is 58.0 Å². The zero-order chi connectivity index (χ0) is 8.08. The predicted molar refractivity (Wildman–Crippen MR) is 38.0 cm³/mol. The van der Waals surface area contributed by atoms with E-state index in [4.69, 9.17) is 34.8 Å². The van der Waals surface area contributed by atoms with Crippen LogP contribution in [0, 0.1) is 0 Å². The summed E-state index contributed by atoms with van der Waals surface area (Å²) in [4.78, 5) is -3.56. The lowest BCUT2D eigenvalue weighted by atomic mass is 11.7. The first-order valence-corrected chi connectivity index (χ1v) is 3.48. The van der Waals surface area contributed by atoms with Gasteiger partial charge >= 0.3 is 4.84 Å². The molecule has 0 aliphatic heterocycles. The van der Waals surface area contributed by atoms with E-state index in [2.05, 4.69) is 23.2 Å². The molecule has 0 aromatic heterocycles. The monoisotopic (exact) mass is 238 g/mol. The fourth-order valence-corrected chi connectivity index (χ4v) is 0. The summed E-state index contributed by atoms with van der Waals surface area (Å²) in [6.07, 6.45) is 0. The third-order valence-corrected chi connectivity index (χ3v) is 0. The first-order valence-electron chi connectivity index (χ1n) is 1.41. The van der Waals surface area contributed by atoms with Gasteiger partial charge in [-0.3, -0.25) is 0 Å². The van der Waals surface area contributed by atoms with Crippen molar-refractivity contribution < 1.29 is 8.78 Å². The van der Waals surface area contributed by atoms with E-state index in [1.54, 1.807) is 0 Å². The van der Waals surface area contributed by atoms with E-state index in [1.165, 1.54) is 0 Å². The molecule has 0 nitrogen and oxygen atoms in total. The summed E-state index contributed by atoms with van der Waals surface area (Å²) >= 11 is 22.3. The maximum absolute atomic E-state index is 10.6. The van der Waals surface area contributed by atoms with E-state index in [0.717, 1.165) is 0 Å². The Hall–Kier alpha value is 1.31. The molecular weight excluding hydrogens is 239 g/mol. The highest BCUT2D eigenvalue weighted by Crippen LogP contribution is 2.22. The molecule has 0 aromatic carbocycles. The Morgan fingerprint density at radius 3 is 1.00 bits per heavy atom. The molecule has 0 saturated heterocycles. The molecule has 0 amide bonds. The van der Waals surface area contributed by atoms with Crippen LogP contribution in [0.3, 0.4) is 0 Å². The zero-order valence-electron chi connectivity index (χ0n) is 3.72. The Kier molecular flexibility index (Phi) is 8.70. The van der Waals surface area contributed by atoms with E-state index in [9.17, 15) is 8.78 Å². The van der Waals surface area contributed by atoms with Crippen LogP contribution in [-0.2, 0) is 0 Å². The van der Waals surface area contributed by atoms with Crippen LogP contribution in [0.25, 0.3) is 0 Å². The van der Waals surface area contributed by atoms with Crippen LogP contribution in [0.5, 0.6) is 0 Å². The fourth-order valence-electron chi connectivity index (χ4n) is 0. The van der Waals surface area contributed by atoms with Gasteiger partial charge in [0.2, 0.25) is 0 Å². The van der Waals surface area contributed by atoms with Crippen molar-refractivity contribution in [2.24, 2.45) is 0 Å². The van der Waals surface area contributed by atoms with E-state index >= 15 is 0 Å². The van der Waals surface area contributed by atoms with Crippen molar-refractivity contribution in [2.75, 3.05) is 0 Å². The van der Waals surface area contributed by atoms with Crippen molar-refractivity contribution in [3.63, 3.8) is 0 Å². The topological polar surface area (TPSA) is 0 Å². The van der Waals surface area contributed by atoms with Crippen LogP contribution in [0.4, 0.5) is 8.78 Å². The molecule has 0 rings (SSSR count). The molecule has 0 N–H and O–H groups in total. The summed E-state index contributed by atoms with van der Waals surface area (Å²) in [7, 11) is 0. The van der Waals surface area contributed by atoms with Gasteiger partial charge in [0.1, 0.15) is 0 Å². The van der Waals surface area contributed by atoms with Crippen molar-refractivity contribution in [2.45, 2.75) is 9.14 Å². The Balaban J connectivity index is 0. The molecule has 0 radical (unpaired) electrons. The van der Waals surface area contributed by atoms with Crippen molar-refractivity contribution in [1.29, 1.82) is 0 Å². The average Bonchev–Trinajstić information content (AvgIpc) is 1.19. The van der Waals surface area contributed by atoms with Gasteiger partial charge in [0.15, 0.2) is 4.30 Å². The number of alkyl halides is 7. The smallest absolute Gasteiger partial charge is 0.172 e. The van der Waals surface area contributed by atoms with Crippen molar-refractivity contribution in [3.8, 4) is 0 Å². The SMILES string of the molecule is ClC(Cl)Cl.FC(F)(Cl)Cl. The van der Waals surface area contributed by atoms with E-state index in [1.807, 2.05) is 0 Å². The predicted octanol–water partition coefficient (Wildman–Crippen LogP) is 4.00. The van der Waals surface area contributed by atoms with Crippen LogP contribution < -0.4 is 0 Å². The second-order valence-electron chi connectivity index (χ2n) is 0.676. The van der Waals surface area contributed by atoms with E-state index in [0.29, 0.717) is 0 Å². The third-order valence-electron chi connectivity index (χ3n) is 0. The minimum atomic E-state index is -3.56. The minimum absolute atomic E-state index is 0.750. The molecule has 0 heterocycles. The summed E-state index contributed by atoms with van der Waals surface area (Å²) < 4.78 is 20.4. The number of hydrogen-bond acceptors (Lipinski definition) is 0. The molecule has 0 aliphatic rings. The molecule has 58 valence electrons. The van der Waals surface area contributed by atoms with Gasteiger partial charge in [-0.1, -0.05) is 34.8 Å². The van der Waals surface area contributed by atoms with E-state index < -0.39 is 9.14 Å². The van der Waals surface area contributed by atoms with E-state index in [-0.39, 0.29) is 0 Å². The average molecular weight is 240 g/mol. The highest BCUT2D eigenvalue weighted by molar-refractivity contribution is 6.63.